The number of nitrogens with one attached hydrogen (secondary N) is 1. The van der Waals surface area contributed by atoms with Gasteiger partial charge in [0.15, 0.2) is 0 Å². The number of nitrogens with zero attached hydrogens (tertiary/aromatic N) is 2. The summed E-state index contributed by atoms with van der Waals surface area (Å²) in [6.07, 6.45) is 2.84. The average Bonchev–Trinajstić information content (AvgIpc) is 2.64. The zero-order valence-corrected chi connectivity index (χ0v) is 11.5. The summed E-state index contributed by atoms with van der Waals surface area (Å²) < 4.78 is 3.28. The first kappa shape index (κ1) is 12.3. The van der Waals surface area contributed by atoms with Crippen molar-refractivity contribution in [1.29, 1.82) is 0 Å². The Labute approximate surface area is 110 Å². The molecular weight excluding hydrogens is 278 g/mol. The van der Waals surface area contributed by atoms with Gasteiger partial charge in [0.05, 0.1) is 11.0 Å². The van der Waals surface area contributed by atoms with Crippen molar-refractivity contribution < 1.29 is 0 Å². The Morgan fingerprint density at radius 1 is 1.53 bits per heavy atom. The molecular formula is C13H16BrN3. The van der Waals surface area contributed by atoms with Crippen molar-refractivity contribution in [2.45, 2.75) is 13.0 Å². The number of fused-ring (bicyclic) bond motifs is 1. The zero-order valence-electron chi connectivity index (χ0n) is 9.91. The first-order chi connectivity index (χ1) is 8.26. The van der Waals surface area contributed by atoms with Crippen molar-refractivity contribution in [3.8, 4) is 0 Å². The number of allylic oxidation sites excluding steroid dienone is 1. The van der Waals surface area contributed by atoms with Crippen LogP contribution in [0.25, 0.3) is 11.0 Å². The lowest BCUT2D eigenvalue weighted by Crippen LogP contribution is -2.13. The third-order valence-corrected chi connectivity index (χ3v) is 3.19. The van der Waals surface area contributed by atoms with E-state index in [9.17, 15) is 0 Å². The summed E-state index contributed by atoms with van der Waals surface area (Å²) >= 11 is 3.48. The number of benzene rings is 1. The van der Waals surface area contributed by atoms with Gasteiger partial charge in [-0.15, -0.1) is 6.58 Å². The summed E-state index contributed by atoms with van der Waals surface area (Å²) in [7, 11) is 1.96. The summed E-state index contributed by atoms with van der Waals surface area (Å²) in [6.45, 7) is 5.54. The van der Waals surface area contributed by atoms with Gasteiger partial charge >= 0.3 is 0 Å². The fraction of sp³-hybridized carbons (Fsp3) is 0.308. The van der Waals surface area contributed by atoms with E-state index in [0.717, 1.165) is 35.3 Å². The molecule has 0 spiro atoms. The Bertz CT molecular complexity index is 531. The number of halogens is 1. The number of imidazole rings is 1. The molecule has 0 saturated heterocycles. The minimum atomic E-state index is 0.803. The van der Waals surface area contributed by atoms with Gasteiger partial charge in [0.25, 0.3) is 0 Å². The molecule has 0 unspecified atom stereocenters. The lowest BCUT2D eigenvalue weighted by Gasteiger charge is -2.05. The first-order valence-electron chi connectivity index (χ1n) is 5.66. The molecule has 0 aliphatic carbocycles. The molecule has 1 heterocycles. The molecule has 2 aromatic rings. The van der Waals surface area contributed by atoms with E-state index in [4.69, 9.17) is 0 Å². The third-order valence-electron chi connectivity index (χ3n) is 2.70. The van der Waals surface area contributed by atoms with Crippen LogP contribution in [0.4, 0.5) is 0 Å². The standard InChI is InChI=1S/C13H16BrN3/c1-3-8-17-12-5-4-10(14)9-11(12)16-13(17)6-7-15-2/h3-5,9,15H,1,6-8H2,2H3. The zero-order chi connectivity index (χ0) is 12.3. The molecule has 0 radical (unpaired) electrons. The summed E-state index contributed by atoms with van der Waals surface area (Å²) in [5.74, 6) is 1.10. The smallest absolute Gasteiger partial charge is 0.111 e. The molecule has 0 amide bonds. The average molecular weight is 294 g/mol. The van der Waals surface area contributed by atoms with Crippen molar-refractivity contribution in [2.75, 3.05) is 13.6 Å². The molecule has 2 rings (SSSR count). The molecule has 0 aliphatic heterocycles. The predicted molar refractivity (Wildman–Crippen MR) is 75.3 cm³/mol. The Morgan fingerprint density at radius 3 is 3.06 bits per heavy atom. The fourth-order valence-corrected chi connectivity index (χ4v) is 2.26. The SMILES string of the molecule is C=CCn1c(CCNC)nc2cc(Br)ccc21. The normalized spacial score (nSPS) is 10.9. The second kappa shape index (κ2) is 5.47. The van der Waals surface area contributed by atoms with Gasteiger partial charge in [0.1, 0.15) is 5.82 Å². The number of hydrogen-bond acceptors (Lipinski definition) is 2. The molecule has 0 saturated carbocycles. The highest BCUT2D eigenvalue weighted by molar-refractivity contribution is 9.10. The summed E-state index contributed by atoms with van der Waals surface area (Å²) in [4.78, 5) is 4.67. The number of aromatic nitrogens is 2. The van der Waals surface area contributed by atoms with E-state index in [1.54, 1.807) is 0 Å². The van der Waals surface area contributed by atoms with Crippen LogP contribution in [-0.4, -0.2) is 23.1 Å². The molecule has 1 aromatic carbocycles. The Hall–Kier alpha value is -1.13. The van der Waals surface area contributed by atoms with Crippen LogP contribution in [0.15, 0.2) is 35.3 Å². The largest absolute Gasteiger partial charge is 0.324 e. The topological polar surface area (TPSA) is 29.9 Å². The maximum absolute atomic E-state index is 4.67. The third kappa shape index (κ3) is 2.58. The van der Waals surface area contributed by atoms with E-state index in [-0.39, 0.29) is 0 Å². The molecule has 1 N–H and O–H groups in total. The van der Waals surface area contributed by atoms with Crippen LogP contribution in [0.5, 0.6) is 0 Å². The number of hydrogen-bond donors (Lipinski definition) is 1. The van der Waals surface area contributed by atoms with E-state index < -0.39 is 0 Å². The van der Waals surface area contributed by atoms with Crippen LogP contribution in [0.2, 0.25) is 0 Å². The molecule has 3 nitrogen and oxygen atoms in total. The minimum absolute atomic E-state index is 0.803. The van der Waals surface area contributed by atoms with Gasteiger partial charge in [-0.25, -0.2) is 4.98 Å². The van der Waals surface area contributed by atoms with Crippen molar-refractivity contribution >= 4 is 27.0 Å². The summed E-state index contributed by atoms with van der Waals surface area (Å²) in [6, 6.07) is 6.20. The highest BCUT2D eigenvalue weighted by Gasteiger charge is 2.09. The van der Waals surface area contributed by atoms with Gasteiger partial charge in [-0.05, 0) is 25.2 Å². The maximum Gasteiger partial charge on any atom is 0.111 e. The monoisotopic (exact) mass is 293 g/mol. The Balaban J connectivity index is 2.49. The van der Waals surface area contributed by atoms with Gasteiger partial charge in [0, 0.05) is 24.0 Å². The fourth-order valence-electron chi connectivity index (χ4n) is 1.91. The van der Waals surface area contributed by atoms with Gasteiger partial charge < -0.3 is 9.88 Å². The molecule has 90 valence electrons. The van der Waals surface area contributed by atoms with Gasteiger partial charge in [-0.3, -0.25) is 0 Å². The van der Waals surface area contributed by atoms with E-state index in [1.807, 2.05) is 19.2 Å². The van der Waals surface area contributed by atoms with Gasteiger partial charge in [0.2, 0.25) is 0 Å². The Kier molecular flexibility index (Phi) is 3.97. The summed E-state index contributed by atoms with van der Waals surface area (Å²) in [5, 5.41) is 3.15. The summed E-state index contributed by atoms with van der Waals surface area (Å²) in [5.41, 5.74) is 2.20. The maximum atomic E-state index is 4.67. The second-order valence-corrected chi connectivity index (χ2v) is 4.83. The van der Waals surface area contributed by atoms with Crippen molar-refractivity contribution in [3.63, 3.8) is 0 Å². The van der Waals surface area contributed by atoms with E-state index in [2.05, 4.69) is 49.5 Å². The lowest BCUT2D eigenvalue weighted by atomic mass is 10.3. The van der Waals surface area contributed by atoms with Gasteiger partial charge in [-0.2, -0.15) is 0 Å². The van der Waals surface area contributed by atoms with Crippen LogP contribution < -0.4 is 5.32 Å². The quantitative estimate of drug-likeness (QED) is 0.859. The molecule has 0 fully saturated rings. The van der Waals surface area contributed by atoms with Crippen molar-refractivity contribution in [2.24, 2.45) is 0 Å². The molecule has 0 bridgehead atoms. The first-order valence-corrected chi connectivity index (χ1v) is 6.45. The molecule has 4 heteroatoms. The lowest BCUT2D eigenvalue weighted by molar-refractivity contribution is 0.703. The van der Waals surface area contributed by atoms with Crippen molar-refractivity contribution in [1.82, 2.24) is 14.9 Å². The molecule has 17 heavy (non-hydrogen) atoms. The van der Waals surface area contributed by atoms with Crippen LogP contribution in [0.3, 0.4) is 0 Å². The van der Waals surface area contributed by atoms with Crippen LogP contribution >= 0.6 is 15.9 Å². The van der Waals surface area contributed by atoms with Crippen LogP contribution in [0.1, 0.15) is 5.82 Å². The number of likely N-dealkylation sites (N-methyl/N-ethyl adjacent to an activating group) is 1. The number of rotatable bonds is 5. The molecule has 1 aromatic heterocycles. The van der Waals surface area contributed by atoms with E-state index in [0.29, 0.717) is 0 Å². The van der Waals surface area contributed by atoms with E-state index in [1.165, 1.54) is 5.52 Å². The van der Waals surface area contributed by atoms with E-state index >= 15 is 0 Å². The predicted octanol–water partition coefficient (Wildman–Crippen LogP) is 2.75. The highest BCUT2D eigenvalue weighted by atomic mass is 79.9. The second-order valence-electron chi connectivity index (χ2n) is 3.91. The van der Waals surface area contributed by atoms with Crippen molar-refractivity contribution in [3.05, 3.63) is 41.2 Å². The molecule has 0 aliphatic rings. The van der Waals surface area contributed by atoms with Crippen LogP contribution in [-0.2, 0) is 13.0 Å². The minimum Gasteiger partial charge on any atom is -0.324 e. The van der Waals surface area contributed by atoms with Crippen LogP contribution in [0, 0.1) is 0 Å². The Morgan fingerprint density at radius 2 is 2.35 bits per heavy atom. The van der Waals surface area contributed by atoms with Gasteiger partial charge in [-0.1, -0.05) is 22.0 Å². The highest BCUT2D eigenvalue weighted by Crippen LogP contribution is 2.21. The molecule has 0 atom stereocenters.